The summed E-state index contributed by atoms with van der Waals surface area (Å²) in [6.45, 7) is 9.77. The number of hydrogen-bond donors (Lipinski definition) is 1. The number of nitrogens with two attached hydrogens (primary N) is 1. The highest BCUT2D eigenvalue weighted by Gasteiger charge is 2.21. The van der Waals surface area contributed by atoms with Gasteiger partial charge >= 0.3 is 0 Å². The normalized spacial score (nSPS) is 13.4. The van der Waals surface area contributed by atoms with Crippen LogP contribution in [0.1, 0.15) is 49.4 Å². The predicted octanol–water partition coefficient (Wildman–Crippen LogP) is 2.90. The molecule has 92 valence electrons. The van der Waals surface area contributed by atoms with Gasteiger partial charge in [0.2, 0.25) is 0 Å². The molecule has 0 aliphatic rings. The Bertz CT molecular complexity index is 301. The van der Waals surface area contributed by atoms with Gasteiger partial charge in [0.25, 0.3) is 0 Å². The minimum Gasteiger partial charge on any atom is -0.371 e. The molecule has 0 aromatic carbocycles. The fourth-order valence-corrected chi connectivity index (χ4v) is 2.94. The number of thiazole rings is 1. The van der Waals surface area contributed by atoms with Crippen LogP contribution in [-0.4, -0.2) is 11.6 Å². The number of ether oxygens (including phenoxy) is 1. The van der Waals surface area contributed by atoms with E-state index in [0.29, 0.717) is 12.5 Å². The number of rotatable bonds is 6. The molecule has 1 unspecified atom stereocenters. The highest BCUT2D eigenvalue weighted by molar-refractivity contribution is 7.11. The van der Waals surface area contributed by atoms with Gasteiger partial charge in [-0.25, -0.2) is 4.98 Å². The molecule has 0 saturated carbocycles. The Hall–Kier alpha value is -0.450. The summed E-state index contributed by atoms with van der Waals surface area (Å²) in [7, 11) is 0. The fourth-order valence-electron chi connectivity index (χ4n) is 1.69. The third-order valence-corrected chi connectivity index (χ3v) is 3.69. The number of aromatic nitrogens is 1. The molecular formula is C12H22N2OS. The molecule has 2 N–H and O–H groups in total. The van der Waals surface area contributed by atoms with Crippen LogP contribution in [0.2, 0.25) is 0 Å². The molecule has 1 aromatic heterocycles. The standard InChI is InChI=1S/C12H22N2OS/c1-5-9-10(7-13)16-12(14-9)11(8(3)4)15-6-2/h8,11H,5-7,13H2,1-4H3. The average molecular weight is 242 g/mol. The molecule has 1 atom stereocenters. The summed E-state index contributed by atoms with van der Waals surface area (Å²) < 4.78 is 5.75. The van der Waals surface area contributed by atoms with Crippen LogP contribution in [0.4, 0.5) is 0 Å². The van der Waals surface area contributed by atoms with Gasteiger partial charge in [-0.05, 0) is 19.3 Å². The molecule has 0 radical (unpaired) electrons. The van der Waals surface area contributed by atoms with Crippen molar-refractivity contribution in [2.24, 2.45) is 11.7 Å². The second-order valence-electron chi connectivity index (χ2n) is 4.10. The summed E-state index contributed by atoms with van der Waals surface area (Å²) in [5, 5.41) is 1.08. The van der Waals surface area contributed by atoms with E-state index >= 15 is 0 Å². The summed E-state index contributed by atoms with van der Waals surface area (Å²) in [6.07, 6.45) is 1.06. The first-order valence-electron chi connectivity index (χ1n) is 5.94. The van der Waals surface area contributed by atoms with Crippen LogP contribution in [0.25, 0.3) is 0 Å². The maximum Gasteiger partial charge on any atom is 0.122 e. The molecule has 0 saturated heterocycles. The van der Waals surface area contributed by atoms with Gasteiger partial charge in [0.1, 0.15) is 11.1 Å². The number of hydrogen-bond acceptors (Lipinski definition) is 4. The molecule has 4 heteroatoms. The molecule has 1 aromatic rings. The first-order valence-corrected chi connectivity index (χ1v) is 6.75. The zero-order chi connectivity index (χ0) is 12.1. The third kappa shape index (κ3) is 3.03. The highest BCUT2D eigenvalue weighted by atomic mass is 32.1. The van der Waals surface area contributed by atoms with E-state index < -0.39 is 0 Å². The van der Waals surface area contributed by atoms with Crippen LogP contribution in [0, 0.1) is 5.92 Å². The zero-order valence-corrected chi connectivity index (χ0v) is 11.4. The molecule has 0 spiro atoms. The van der Waals surface area contributed by atoms with Gasteiger partial charge in [0.15, 0.2) is 0 Å². The van der Waals surface area contributed by atoms with Crippen molar-refractivity contribution in [3.63, 3.8) is 0 Å². The Morgan fingerprint density at radius 2 is 2.06 bits per heavy atom. The number of nitrogens with zero attached hydrogens (tertiary/aromatic N) is 1. The smallest absolute Gasteiger partial charge is 0.122 e. The summed E-state index contributed by atoms with van der Waals surface area (Å²) in [4.78, 5) is 5.85. The van der Waals surface area contributed by atoms with Crippen LogP contribution < -0.4 is 5.73 Å². The van der Waals surface area contributed by atoms with Crippen LogP contribution in [-0.2, 0) is 17.7 Å². The van der Waals surface area contributed by atoms with Crippen LogP contribution >= 0.6 is 11.3 Å². The lowest BCUT2D eigenvalue weighted by molar-refractivity contribution is 0.0292. The lowest BCUT2D eigenvalue weighted by Gasteiger charge is -2.18. The van der Waals surface area contributed by atoms with Crippen LogP contribution in [0.3, 0.4) is 0 Å². The first kappa shape index (κ1) is 13.6. The minimum atomic E-state index is 0.112. The monoisotopic (exact) mass is 242 g/mol. The second-order valence-corrected chi connectivity index (χ2v) is 5.21. The second kappa shape index (κ2) is 6.33. The van der Waals surface area contributed by atoms with Crippen LogP contribution in [0.15, 0.2) is 0 Å². The predicted molar refractivity (Wildman–Crippen MR) is 68.6 cm³/mol. The molecule has 0 aliphatic carbocycles. The molecule has 1 rings (SSSR count). The third-order valence-electron chi connectivity index (χ3n) is 2.51. The molecule has 0 fully saturated rings. The average Bonchev–Trinajstić information content (AvgIpc) is 2.68. The molecule has 1 heterocycles. The van der Waals surface area contributed by atoms with Gasteiger partial charge in [0.05, 0.1) is 5.69 Å². The first-order chi connectivity index (χ1) is 7.63. The Kier molecular flexibility index (Phi) is 5.38. The summed E-state index contributed by atoms with van der Waals surface area (Å²) in [5.41, 5.74) is 6.85. The van der Waals surface area contributed by atoms with Gasteiger partial charge in [-0.1, -0.05) is 20.8 Å². The maximum atomic E-state index is 5.75. The van der Waals surface area contributed by atoms with E-state index in [1.165, 1.54) is 4.88 Å². The van der Waals surface area contributed by atoms with E-state index in [1.54, 1.807) is 11.3 Å². The lowest BCUT2D eigenvalue weighted by Crippen LogP contribution is -2.10. The SMILES string of the molecule is CCOC(c1nc(CC)c(CN)s1)C(C)C. The number of aryl methyl sites for hydroxylation is 1. The van der Waals surface area contributed by atoms with E-state index in [0.717, 1.165) is 23.7 Å². The van der Waals surface area contributed by atoms with Gasteiger partial charge in [-0.3, -0.25) is 0 Å². The van der Waals surface area contributed by atoms with Gasteiger partial charge < -0.3 is 10.5 Å². The fraction of sp³-hybridized carbons (Fsp3) is 0.750. The van der Waals surface area contributed by atoms with E-state index in [-0.39, 0.29) is 6.10 Å². The molecule has 0 aliphatic heterocycles. The van der Waals surface area contributed by atoms with Gasteiger partial charge in [-0.2, -0.15) is 0 Å². The highest BCUT2D eigenvalue weighted by Crippen LogP contribution is 2.31. The summed E-state index contributed by atoms with van der Waals surface area (Å²) >= 11 is 1.70. The Labute approximate surface area is 102 Å². The van der Waals surface area contributed by atoms with Gasteiger partial charge in [0, 0.05) is 18.0 Å². The van der Waals surface area contributed by atoms with E-state index in [1.807, 2.05) is 6.92 Å². The van der Waals surface area contributed by atoms with Crippen molar-refractivity contribution >= 4 is 11.3 Å². The topological polar surface area (TPSA) is 48.1 Å². The van der Waals surface area contributed by atoms with Crippen molar-refractivity contribution in [3.8, 4) is 0 Å². The van der Waals surface area contributed by atoms with E-state index in [9.17, 15) is 0 Å². The van der Waals surface area contributed by atoms with E-state index in [4.69, 9.17) is 10.5 Å². The minimum absolute atomic E-state index is 0.112. The van der Waals surface area contributed by atoms with Crippen molar-refractivity contribution in [2.45, 2.75) is 46.8 Å². The van der Waals surface area contributed by atoms with E-state index in [2.05, 4.69) is 25.8 Å². The molecular weight excluding hydrogens is 220 g/mol. The Morgan fingerprint density at radius 1 is 1.38 bits per heavy atom. The quantitative estimate of drug-likeness (QED) is 0.834. The molecule has 0 bridgehead atoms. The van der Waals surface area contributed by atoms with Crippen molar-refractivity contribution in [2.75, 3.05) is 6.61 Å². The Morgan fingerprint density at radius 3 is 2.44 bits per heavy atom. The van der Waals surface area contributed by atoms with Crippen molar-refractivity contribution in [1.82, 2.24) is 4.98 Å². The largest absolute Gasteiger partial charge is 0.371 e. The summed E-state index contributed by atoms with van der Waals surface area (Å²) in [6, 6.07) is 0. The maximum absolute atomic E-state index is 5.75. The van der Waals surface area contributed by atoms with Crippen molar-refractivity contribution in [3.05, 3.63) is 15.6 Å². The van der Waals surface area contributed by atoms with Crippen LogP contribution in [0.5, 0.6) is 0 Å². The lowest BCUT2D eigenvalue weighted by atomic mass is 10.1. The van der Waals surface area contributed by atoms with Gasteiger partial charge in [-0.15, -0.1) is 11.3 Å². The molecule has 0 amide bonds. The molecule has 3 nitrogen and oxygen atoms in total. The zero-order valence-electron chi connectivity index (χ0n) is 10.6. The van der Waals surface area contributed by atoms with Crippen molar-refractivity contribution < 1.29 is 4.74 Å². The summed E-state index contributed by atoms with van der Waals surface area (Å²) in [5.74, 6) is 0.446. The Balaban J connectivity index is 2.95. The van der Waals surface area contributed by atoms with Crippen molar-refractivity contribution in [1.29, 1.82) is 0 Å². The molecule has 16 heavy (non-hydrogen) atoms.